The molecule has 0 saturated carbocycles. The second-order valence-corrected chi connectivity index (χ2v) is 3.45. The van der Waals surface area contributed by atoms with Crippen LogP contribution in [0, 0.1) is 0 Å². The summed E-state index contributed by atoms with van der Waals surface area (Å²) in [6, 6.07) is 1.11. The minimum absolute atomic E-state index is 0.0117. The van der Waals surface area contributed by atoms with Gasteiger partial charge in [0, 0.05) is 33.4 Å². The van der Waals surface area contributed by atoms with Crippen molar-refractivity contribution in [3.8, 4) is 0 Å². The summed E-state index contributed by atoms with van der Waals surface area (Å²) in [7, 11) is 3.19. The Labute approximate surface area is 97.9 Å². The number of methoxy groups -OCH3 is 1. The SMILES string of the molecule is COCCCN(C)C(=O)c1cc(C(=O)O)on1. The van der Waals surface area contributed by atoms with Crippen LogP contribution in [-0.2, 0) is 4.74 Å². The number of ether oxygens (including phenoxy) is 1. The number of hydrogen-bond donors (Lipinski definition) is 1. The fourth-order valence-corrected chi connectivity index (χ4v) is 1.22. The van der Waals surface area contributed by atoms with Gasteiger partial charge in [0.2, 0.25) is 5.76 Å². The monoisotopic (exact) mass is 242 g/mol. The van der Waals surface area contributed by atoms with Crippen molar-refractivity contribution in [1.82, 2.24) is 10.1 Å². The highest BCUT2D eigenvalue weighted by atomic mass is 16.5. The summed E-state index contributed by atoms with van der Waals surface area (Å²) in [4.78, 5) is 23.7. The lowest BCUT2D eigenvalue weighted by Crippen LogP contribution is -2.28. The third-order valence-electron chi connectivity index (χ3n) is 2.13. The van der Waals surface area contributed by atoms with E-state index in [0.717, 1.165) is 6.07 Å². The van der Waals surface area contributed by atoms with Crippen molar-refractivity contribution in [2.24, 2.45) is 0 Å². The lowest BCUT2D eigenvalue weighted by molar-refractivity contribution is 0.0649. The van der Waals surface area contributed by atoms with Crippen molar-refractivity contribution in [1.29, 1.82) is 0 Å². The number of aromatic nitrogens is 1. The third kappa shape index (κ3) is 3.56. The summed E-state index contributed by atoms with van der Waals surface area (Å²) < 4.78 is 9.36. The Morgan fingerprint density at radius 1 is 1.59 bits per heavy atom. The van der Waals surface area contributed by atoms with Gasteiger partial charge in [-0.15, -0.1) is 0 Å². The standard InChI is InChI=1S/C10H14N2O5/c1-12(4-3-5-16-2)9(13)7-6-8(10(14)15)17-11-7/h6H,3-5H2,1-2H3,(H,14,15). The first-order valence-corrected chi connectivity index (χ1v) is 5.00. The van der Waals surface area contributed by atoms with Gasteiger partial charge in [-0.1, -0.05) is 5.16 Å². The van der Waals surface area contributed by atoms with Crippen molar-refractivity contribution < 1.29 is 24.0 Å². The minimum atomic E-state index is -1.25. The Hall–Kier alpha value is -1.89. The van der Waals surface area contributed by atoms with Crippen molar-refractivity contribution in [2.45, 2.75) is 6.42 Å². The van der Waals surface area contributed by atoms with E-state index in [1.807, 2.05) is 0 Å². The summed E-state index contributed by atoms with van der Waals surface area (Å²) in [5.74, 6) is -1.98. The van der Waals surface area contributed by atoms with Crippen molar-refractivity contribution >= 4 is 11.9 Å². The maximum absolute atomic E-state index is 11.7. The molecule has 1 N–H and O–H groups in total. The predicted molar refractivity (Wildman–Crippen MR) is 56.9 cm³/mol. The zero-order chi connectivity index (χ0) is 12.8. The van der Waals surface area contributed by atoms with Crippen LogP contribution >= 0.6 is 0 Å². The van der Waals surface area contributed by atoms with E-state index in [-0.39, 0.29) is 17.4 Å². The molecule has 0 aliphatic carbocycles. The summed E-state index contributed by atoms with van der Waals surface area (Å²) in [5, 5.41) is 12.0. The Balaban J connectivity index is 2.58. The molecule has 0 bridgehead atoms. The molecule has 7 heteroatoms. The van der Waals surface area contributed by atoms with Crippen LogP contribution in [0.2, 0.25) is 0 Å². The quantitative estimate of drug-likeness (QED) is 0.729. The van der Waals surface area contributed by atoms with Crippen LogP contribution in [0.1, 0.15) is 27.5 Å². The van der Waals surface area contributed by atoms with Crippen molar-refractivity contribution in [3.63, 3.8) is 0 Å². The van der Waals surface area contributed by atoms with E-state index in [1.54, 1.807) is 14.2 Å². The number of carbonyl (C=O) groups excluding carboxylic acids is 1. The molecule has 1 rings (SSSR count). The van der Waals surface area contributed by atoms with Gasteiger partial charge in [0.1, 0.15) is 0 Å². The van der Waals surface area contributed by atoms with Gasteiger partial charge in [0.25, 0.3) is 5.91 Å². The van der Waals surface area contributed by atoms with E-state index < -0.39 is 5.97 Å². The molecule has 17 heavy (non-hydrogen) atoms. The van der Waals surface area contributed by atoms with Gasteiger partial charge < -0.3 is 19.3 Å². The van der Waals surface area contributed by atoms with Gasteiger partial charge >= 0.3 is 5.97 Å². The molecule has 1 aromatic rings. The highest BCUT2D eigenvalue weighted by molar-refractivity contribution is 5.94. The van der Waals surface area contributed by atoms with Crippen LogP contribution < -0.4 is 0 Å². The van der Waals surface area contributed by atoms with Crippen LogP contribution in [0.25, 0.3) is 0 Å². The highest BCUT2D eigenvalue weighted by Gasteiger charge is 2.19. The number of hydrogen-bond acceptors (Lipinski definition) is 5. The first-order chi connectivity index (χ1) is 8.06. The Morgan fingerprint density at radius 3 is 2.82 bits per heavy atom. The zero-order valence-corrected chi connectivity index (χ0v) is 9.67. The first kappa shape index (κ1) is 13.2. The van der Waals surface area contributed by atoms with Crippen LogP contribution in [0.4, 0.5) is 0 Å². The summed E-state index contributed by atoms with van der Waals surface area (Å²) in [6.45, 7) is 1.05. The average Bonchev–Trinajstić information content (AvgIpc) is 2.77. The molecule has 1 amide bonds. The van der Waals surface area contributed by atoms with E-state index in [4.69, 9.17) is 9.84 Å². The lowest BCUT2D eigenvalue weighted by Gasteiger charge is -2.14. The maximum atomic E-state index is 11.7. The van der Waals surface area contributed by atoms with Gasteiger partial charge in [-0.2, -0.15) is 0 Å². The molecule has 1 aromatic heterocycles. The van der Waals surface area contributed by atoms with E-state index in [1.165, 1.54) is 4.90 Å². The molecule has 94 valence electrons. The lowest BCUT2D eigenvalue weighted by atomic mass is 10.3. The third-order valence-corrected chi connectivity index (χ3v) is 2.13. The van der Waals surface area contributed by atoms with E-state index >= 15 is 0 Å². The number of carboxylic acid groups (broad SMARTS) is 1. The number of aromatic carboxylic acids is 1. The Kier molecular flexibility index (Phi) is 4.65. The van der Waals surface area contributed by atoms with Gasteiger partial charge in [0.15, 0.2) is 5.69 Å². The molecule has 0 aromatic carbocycles. The van der Waals surface area contributed by atoms with Crippen LogP contribution in [0.3, 0.4) is 0 Å². The minimum Gasteiger partial charge on any atom is -0.475 e. The molecule has 0 saturated heterocycles. The Bertz CT molecular complexity index is 401. The van der Waals surface area contributed by atoms with E-state index in [9.17, 15) is 9.59 Å². The highest BCUT2D eigenvalue weighted by Crippen LogP contribution is 2.06. The van der Waals surface area contributed by atoms with Crippen LogP contribution in [0.15, 0.2) is 10.6 Å². The maximum Gasteiger partial charge on any atom is 0.374 e. The molecule has 7 nitrogen and oxygen atoms in total. The zero-order valence-electron chi connectivity index (χ0n) is 9.67. The molecule has 1 heterocycles. The van der Waals surface area contributed by atoms with Gasteiger partial charge in [-0.3, -0.25) is 4.79 Å². The average molecular weight is 242 g/mol. The smallest absolute Gasteiger partial charge is 0.374 e. The fraction of sp³-hybridized carbons (Fsp3) is 0.500. The molecule has 0 spiro atoms. The van der Waals surface area contributed by atoms with E-state index in [0.29, 0.717) is 19.6 Å². The molecule has 0 atom stereocenters. The second kappa shape index (κ2) is 6.00. The topological polar surface area (TPSA) is 92.9 Å². The Morgan fingerprint density at radius 2 is 2.29 bits per heavy atom. The number of nitrogens with zero attached hydrogens (tertiary/aromatic N) is 2. The fourth-order valence-electron chi connectivity index (χ4n) is 1.22. The number of carboxylic acids is 1. The molecule has 0 aliphatic heterocycles. The molecular formula is C10H14N2O5. The molecule has 0 fully saturated rings. The van der Waals surface area contributed by atoms with Gasteiger partial charge in [-0.25, -0.2) is 4.79 Å². The number of rotatable bonds is 6. The molecule has 0 radical (unpaired) electrons. The van der Waals surface area contributed by atoms with Crippen molar-refractivity contribution in [3.05, 3.63) is 17.5 Å². The van der Waals surface area contributed by atoms with Crippen LogP contribution in [-0.4, -0.2) is 54.3 Å². The largest absolute Gasteiger partial charge is 0.475 e. The van der Waals surface area contributed by atoms with Crippen molar-refractivity contribution in [2.75, 3.05) is 27.3 Å². The molecule has 0 aliphatic rings. The summed E-state index contributed by atoms with van der Waals surface area (Å²) in [5.41, 5.74) is -0.0117. The van der Waals surface area contributed by atoms with Gasteiger partial charge in [-0.05, 0) is 6.42 Å². The van der Waals surface area contributed by atoms with Crippen LogP contribution in [0.5, 0.6) is 0 Å². The summed E-state index contributed by atoms with van der Waals surface area (Å²) in [6.07, 6.45) is 0.697. The number of amides is 1. The summed E-state index contributed by atoms with van der Waals surface area (Å²) >= 11 is 0. The molecule has 0 unspecified atom stereocenters. The van der Waals surface area contributed by atoms with E-state index in [2.05, 4.69) is 9.68 Å². The first-order valence-electron chi connectivity index (χ1n) is 5.00. The second-order valence-electron chi connectivity index (χ2n) is 3.45. The van der Waals surface area contributed by atoms with Gasteiger partial charge in [0.05, 0.1) is 0 Å². The number of carbonyl (C=O) groups is 2. The normalized spacial score (nSPS) is 10.2. The predicted octanol–water partition coefficient (Wildman–Crippen LogP) is 0.481. The molecular weight excluding hydrogens is 228 g/mol.